The van der Waals surface area contributed by atoms with Gasteiger partial charge in [0.25, 0.3) is 0 Å². The Kier molecular flexibility index (Phi) is 4.71. The van der Waals surface area contributed by atoms with Crippen molar-refractivity contribution in [2.45, 2.75) is 24.8 Å². The molecule has 0 spiro atoms. The lowest BCUT2D eigenvalue weighted by Crippen LogP contribution is -2.22. The second-order valence-electron chi connectivity index (χ2n) is 5.21. The molecule has 0 amide bonds. The van der Waals surface area contributed by atoms with Crippen LogP contribution in [-0.2, 0) is 9.84 Å². The molecule has 2 rings (SSSR count). The van der Waals surface area contributed by atoms with Gasteiger partial charge in [-0.25, -0.2) is 8.42 Å². The van der Waals surface area contributed by atoms with Crippen molar-refractivity contribution < 1.29 is 8.42 Å². The fourth-order valence-corrected chi connectivity index (χ4v) is 3.93. The quantitative estimate of drug-likeness (QED) is 0.937. The second kappa shape index (κ2) is 6.18. The summed E-state index contributed by atoms with van der Waals surface area (Å²) in [6, 6.07) is 11.6. The van der Waals surface area contributed by atoms with E-state index in [2.05, 4.69) is 0 Å². The summed E-state index contributed by atoms with van der Waals surface area (Å²) in [5.74, 6) is -0.141. The second-order valence-corrected chi connectivity index (χ2v) is 7.68. The first-order chi connectivity index (χ1) is 9.79. The van der Waals surface area contributed by atoms with Gasteiger partial charge in [0.05, 0.1) is 10.6 Å². The molecule has 0 aliphatic rings. The van der Waals surface area contributed by atoms with Gasteiger partial charge in [0.1, 0.15) is 0 Å². The number of nitrogens with two attached hydrogens (primary N) is 1. The molecule has 3 nitrogen and oxygen atoms in total. The highest BCUT2D eigenvalue weighted by Gasteiger charge is 2.21. The molecule has 0 aliphatic carbocycles. The summed E-state index contributed by atoms with van der Waals surface area (Å²) in [7, 11) is -3.47. The fraction of sp³-hybridized carbons (Fsp3) is 0.250. The van der Waals surface area contributed by atoms with Gasteiger partial charge < -0.3 is 5.73 Å². The third-order valence-electron chi connectivity index (χ3n) is 3.39. The van der Waals surface area contributed by atoms with Crippen LogP contribution < -0.4 is 5.73 Å². The zero-order chi connectivity index (χ0) is 15.6. The van der Waals surface area contributed by atoms with E-state index in [0.29, 0.717) is 5.02 Å². The fourth-order valence-electron chi connectivity index (χ4n) is 2.24. The maximum Gasteiger partial charge on any atom is 0.180 e. The first kappa shape index (κ1) is 16.0. The van der Waals surface area contributed by atoms with Gasteiger partial charge in [-0.05, 0) is 43.2 Å². The molecule has 5 heteroatoms. The number of benzene rings is 2. The van der Waals surface area contributed by atoms with E-state index in [9.17, 15) is 8.42 Å². The van der Waals surface area contributed by atoms with Gasteiger partial charge in [-0.1, -0.05) is 41.4 Å². The van der Waals surface area contributed by atoms with Crippen molar-refractivity contribution in [2.75, 3.05) is 5.75 Å². The van der Waals surface area contributed by atoms with Crippen molar-refractivity contribution in [1.82, 2.24) is 0 Å². The molecule has 1 atom stereocenters. The van der Waals surface area contributed by atoms with Crippen LogP contribution in [-0.4, -0.2) is 14.2 Å². The average Bonchev–Trinajstić information content (AvgIpc) is 2.41. The smallest absolute Gasteiger partial charge is 0.180 e. The Hall–Kier alpha value is -1.36. The third-order valence-corrected chi connectivity index (χ3v) is 5.39. The van der Waals surface area contributed by atoms with E-state index >= 15 is 0 Å². The van der Waals surface area contributed by atoms with Gasteiger partial charge in [0, 0.05) is 11.1 Å². The van der Waals surface area contributed by atoms with E-state index in [4.69, 9.17) is 17.3 Å². The van der Waals surface area contributed by atoms with E-state index in [1.165, 1.54) is 12.1 Å². The van der Waals surface area contributed by atoms with Crippen LogP contribution in [0.1, 0.15) is 22.7 Å². The predicted octanol–water partition coefficient (Wildman–Crippen LogP) is 3.43. The average molecular weight is 324 g/mol. The van der Waals surface area contributed by atoms with Crippen molar-refractivity contribution in [1.29, 1.82) is 0 Å². The number of hydrogen-bond donors (Lipinski definition) is 1. The number of halogens is 1. The molecule has 0 aromatic heterocycles. The van der Waals surface area contributed by atoms with Crippen LogP contribution in [0, 0.1) is 13.8 Å². The maximum atomic E-state index is 12.4. The van der Waals surface area contributed by atoms with Crippen LogP contribution in [0.15, 0.2) is 47.4 Å². The monoisotopic (exact) mass is 323 g/mol. The van der Waals surface area contributed by atoms with Gasteiger partial charge >= 0.3 is 0 Å². The molecule has 0 fully saturated rings. The minimum atomic E-state index is -3.47. The SMILES string of the molecule is Cc1ccc(C)c(C(N)CS(=O)(=O)c2cccc(Cl)c2)c1. The van der Waals surface area contributed by atoms with Crippen LogP contribution in [0.5, 0.6) is 0 Å². The molecule has 21 heavy (non-hydrogen) atoms. The highest BCUT2D eigenvalue weighted by Crippen LogP contribution is 2.23. The third kappa shape index (κ3) is 3.84. The summed E-state index contributed by atoms with van der Waals surface area (Å²) in [5, 5.41) is 0.399. The van der Waals surface area contributed by atoms with Crippen LogP contribution in [0.3, 0.4) is 0 Å². The minimum Gasteiger partial charge on any atom is -0.323 e. The number of hydrogen-bond acceptors (Lipinski definition) is 3. The van der Waals surface area contributed by atoms with Gasteiger partial charge in [-0.3, -0.25) is 0 Å². The molecule has 0 radical (unpaired) electrons. The Morgan fingerprint density at radius 1 is 1.14 bits per heavy atom. The molecule has 0 aliphatic heterocycles. The molecule has 0 heterocycles. The molecule has 2 aromatic rings. The van der Waals surface area contributed by atoms with E-state index in [1.807, 2.05) is 32.0 Å². The van der Waals surface area contributed by atoms with Crippen LogP contribution in [0.4, 0.5) is 0 Å². The topological polar surface area (TPSA) is 60.2 Å². The normalized spacial score (nSPS) is 13.1. The standard InChI is InChI=1S/C16H18ClNO2S/c1-11-6-7-12(2)15(8-11)16(18)10-21(19,20)14-5-3-4-13(17)9-14/h3-9,16H,10,18H2,1-2H3. The first-order valence-corrected chi connectivity index (χ1v) is 8.64. The first-order valence-electron chi connectivity index (χ1n) is 6.60. The Morgan fingerprint density at radius 2 is 1.86 bits per heavy atom. The van der Waals surface area contributed by atoms with Gasteiger partial charge in [0.2, 0.25) is 0 Å². The number of sulfone groups is 1. The molecule has 2 N–H and O–H groups in total. The molecule has 2 aromatic carbocycles. The van der Waals surface area contributed by atoms with E-state index < -0.39 is 15.9 Å². The Balaban J connectivity index is 2.30. The molecular weight excluding hydrogens is 306 g/mol. The Morgan fingerprint density at radius 3 is 2.52 bits per heavy atom. The molecule has 0 bridgehead atoms. The van der Waals surface area contributed by atoms with Crippen LogP contribution in [0.2, 0.25) is 5.02 Å². The Labute approximate surface area is 130 Å². The van der Waals surface area contributed by atoms with E-state index in [-0.39, 0.29) is 10.6 Å². The van der Waals surface area contributed by atoms with Gasteiger partial charge in [0.15, 0.2) is 9.84 Å². The predicted molar refractivity (Wildman–Crippen MR) is 86.3 cm³/mol. The lowest BCUT2D eigenvalue weighted by Gasteiger charge is -2.16. The highest BCUT2D eigenvalue weighted by atomic mass is 35.5. The van der Waals surface area contributed by atoms with Crippen molar-refractivity contribution in [3.05, 3.63) is 64.2 Å². The van der Waals surface area contributed by atoms with E-state index in [0.717, 1.165) is 16.7 Å². The summed E-state index contributed by atoms with van der Waals surface area (Å²) in [5.41, 5.74) is 9.03. The molecular formula is C16H18ClNO2S. The summed E-state index contributed by atoms with van der Waals surface area (Å²) < 4.78 is 24.9. The highest BCUT2D eigenvalue weighted by molar-refractivity contribution is 7.91. The van der Waals surface area contributed by atoms with Crippen LogP contribution >= 0.6 is 11.6 Å². The lowest BCUT2D eigenvalue weighted by atomic mass is 10.0. The van der Waals surface area contributed by atoms with Crippen molar-refractivity contribution >= 4 is 21.4 Å². The Bertz CT molecular complexity index is 757. The van der Waals surface area contributed by atoms with Crippen LogP contribution in [0.25, 0.3) is 0 Å². The summed E-state index contributed by atoms with van der Waals surface area (Å²) in [4.78, 5) is 0.204. The maximum absolute atomic E-state index is 12.4. The molecule has 0 saturated carbocycles. The van der Waals surface area contributed by atoms with Gasteiger partial charge in [-0.2, -0.15) is 0 Å². The van der Waals surface area contributed by atoms with Crippen molar-refractivity contribution in [3.63, 3.8) is 0 Å². The minimum absolute atomic E-state index is 0.141. The molecule has 1 unspecified atom stereocenters. The van der Waals surface area contributed by atoms with Crippen molar-refractivity contribution in [3.8, 4) is 0 Å². The van der Waals surface area contributed by atoms with E-state index in [1.54, 1.807) is 12.1 Å². The lowest BCUT2D eigenvalue weighted by molar-refractivity contribution is 0.588. The zero-order valence-corrected chi connectivity index (χ0v) is 13.6. The summed E-state index contributed by atoms with van der Waals surface area (Å²) >= 11 is 5.85. The number of rotatable bonds is 4. The van der Waals surface area contributed by atoms with Gasteiger partial charge in [-0.15, -0.1) is 0 Å². The molecule has 0 saturated heterocycles. The summed E-state index contributed by atoms with van der Waals surface area (Å²) in [6.45, 7) is 3.89. The largest absolute Gasteiger partial charge is 0.323 e. The zero-order valence-electron chi connectivity index (χ0n) is 12.0. The molecule has 112 valence electrons. The summed E-state index contributed by atoms with van der Waals surface area (Å²) in [6.07, 6.45) is 0. The van der Waals surface area contributed by atoms with Crippen molar-refractivity contribution in [2.24, 2.45) is 5.73 Å². The number of aryl methyl sites for hydroxylation is 2.